The number of benzene rings is 2. The summed E-state index contributed by atoms with van der Waals surface area (Å²) in [5, 5.41) is 10.9. The second kappa shape index (κ2) is 8.18. The molecule has 0 saturated carbocycles. The van der Waals surface area contributed by atoms with Gasteiger partial charge in [-0.1, -0.05) is 17.7 Å². The lowest BCUT2D eigenvalue weighted by Crippen LogP contribution is -2.00. The van der Waals surface area contributed by atoms with E-state index in [1.807, 2.05) is 36.0 Å². The van der Waals surface area contributed by atoms with Gasteiger partial charge in [0.05, 0.1) is 21.6 Å². The second-order valence-electron chi connectivity index (χ2n) is 7.34. The Hall–Kier alpha value is -3.55. The molecule has 3 aromatic heterocycles. The Labute approximate surface area is 194 Å². The average Bonchev–Trinajstić information content (AvgIpc) is 3.30. The monoisotopic (exact) mass is 468 g/mol. The quantitative estimate of drug-likeness (QED) is 0.337. The summed E-state index contributed by atoms with van der Waals surface area (Å²) in [5.74, 6) is -0.625. The number of ether oxygens (including phenoxy) is 1. The molecule has 0 amide bonds. The zero-order chi connectivity index (χ0) is 21.7. The van der Waals surface area contributed by atoms with Crippen LogP contribution in [-0.4, -0.2) is 30.6 Å². The molecule has 2 aromatic carbocycles. The van der Waals surface area contributed by atoms with Crippen LogP contribution in [0.25, 0.3) is 33.2 Å². The van der Waals surface area contributed by atoms with Crippen LogP contribution in [0, 0.1) is 6.92 Å². The lowest BCUT2D eigenvalue weighted by molar-refractivity contribution is 0.0695. The summed E-state index contributed by atoms with van der Waals surface area (Å²) in [4.78, 5) is 23.5. The van der Waals surface area contributed by atoms with E-state index in [2.05, 4.69) is 15.0 Å². The van der Waals surface area contributed by atoms with Gasteiger partial charge >= 0.3 is 5.97 Å². The zero-order valence-corrected chi connectivity index (χ0v) is 18.7. The summed E-state index contributed by atoms with van der Waals surface area (Å²) in [5.41, 5.74) is 4.83. The largest absolute Gasteiger partial charge is 0.478 e. The Bertz CT molecular complexity index is 1490. The van der Waals surface area contributed by atoms with E-state index < -0.39 is 5.97 Å². The third-order valence-electron chi connectivity index (χ3n) is 5.22. The maximum absolute atomic E-state index is 11.4. The number of carboxylic acids is 1. The fourth-order valence-electron chi connectivity index (χ4n) is 3.59. The van der Waals surface area contributed by atoms with Crippen molar-refractivity contribution >= 4 is 52.0 Å². The Kier molecular flexibility index (Phi) is 5.54. The number of rotatable bonds is 4. The van der Waals surface area contributed by atoms with Crippen LogP contribution < -0.4 is 4.74 Å². The minimum Gasteiger partial charge on any atom is -0.478 e. The highest BCUT2D eigenvalue weighted by Gasteiger charge is 2.14. The third-order valence-corrected chi connectivity index (χ3v) is 5.53. The molecule has 7 nitrogen and oxygen atoms in total. The molecule has 2 N–H and O–H groups in total. The number of aromatic amines is 1. The number of aryl methyl sites for hydroxylation is 2. The van der Waals surface area contributed by atoms with Gasteiger partial charge in [-0.2, -0.15) is 4.98 Å². The number of aromatic nitrogens is 4. The molecule has 0 aliphatic heterocycles. The van der Waals surface area contributed by atoms with Gasteiger partial charge in [0, 0.05) is 36.0 Å². The van der Waals surface area contributed by atoms with Crippen LogP contribution in [0.1, 0.15) is 15.9 Å². The van der Waals surface area contributed by atoms with Crippen molar-refractivity contribution in [1.82, 2.24) is 19.5 Å². The van der Waals surface area contributed by atoms with Crippen molar-refractivity contribution in [3.05, 3.63) is 71.0 Å². The van der Waals surface area contributed by atoms with Gasteiger partial charge in [-0.25, -0.2) is 9.78 Å². The normalized spacial score (nSPS) is 11.0. The fourth-order valence-corrected chi connectivity index (χ4v) is 3.86. The van der Waals surface area contributed by atoms with Crippen molar-refractivity contribution in [2.75, 3.05) is 0 Å². The van der Waals surface area contributed by atoms with Gasteiger partial charge in [0.15, 0.2) is 0 Å². The van der Waals surface area contributed by atoms with Crippen molar-refractivity contribution in [1.29, 1.82) is 0 Å². The number of pyridine rings is 1. The predicted octanol–water partition coefficient (Wildman–Crippen LogP) is 5.99. The molecule has 0 saturated heterocycles. The first-order valence-electron chi connectivity index (χ1n) is 9.51. The lowest BCUT2D eigenvalue weighted by Gasteiger charge is -2.05. The zero-order valence-electron chi connectivity index (χ0n) is 17.1. The van der Waals surface area contributed by atoms with Crippen molar-refractivity contribution in [2.24, 2.45) is 7.05 Å². The number of nitrogens with zero attached hydrogens (tertiary/aromatic N) is 3. The number of carbonyl (C=O) groups is 1. The van der Waals surface area contributed by atoms with Gasteiger partial charge in [0.1, 0.15) is 11.4 Å². The lowest BCUT2D eigenvalue weighted by atomic mass is 10.1. The van der Waals surface area contributed by atoms with Gasteiger partial charge in [-0.15, -0.1) is 12.4 Å². The molecule has 0 bridgehead atoms. The topological polar surface area (TPSA) is 93.0 Å². The van der Waals surface area contributed by atoms with Gasteiger partial charge in [0.2, 0.25) is 0 Å². The number of carboxylic acid groups (broad SMARTS) is 1. The summed E-state index contributed by atoms with van der Waals surface area (Å²) in [7, 11) is 1.95. The van der Waals surface area contributed by atoms with E-state index >= 15 is 0 Å². The maximum Gasteiger partial charge on any atom is 0.336 e. The molecule has 0 unspecified atom stereocenters. The number of hydrogen-bond acceptors (Lipinski definition) is 4. The third kappa shape index (κ3) is 3.77. The van der Waals surface area contributed by atoms with Crippen molar-refractivity contribution in [2.45, 2.75) is 6.92 Å². The molecule has 162 valence electrons. The van der Waals surface area contributed by atoms with E-state index in [1.54, 1.807) is 31.3 Å². The van der Waals surface area contributed by atoms with Crippen LogP contribution in [0.2, 0.25) is 5.02 Å². The van der Waals surface area contributed by atoms with Crippen molar-refractivity contribution in [3.63, 3.8) is 0 Å². The summed E-state index contributed by atoms with van der Waals surface area (Å²) >= 11 is 6.55. The first-order valence-corrected chi connectivity index (χ1v) is 9.89. The van der Waals surface area contributed by atoms with Gasteiger partial charge < -0.3 is 19.4 Å². The van der Waals surface area contributed by atoms with Gasteiger partial charge in [-0.3, -0.25) is 0 Å². The van der Waals surface area contributed by atoms with E-state index in [9.17, 15) is 9.90 Å². The molecule has 0 fully saturated rings. The standard InChI is InChI=1S/C23H17ClN4O3.ClH/c1-12-3-4-15(8-16(12)22(29)30)31-23-26-19-9-17(18(24)10-20(19)27-23)14-7-13-5-6-28(2)21(13)25-11-14;/h3-11H,1-2H3,(H,26,27)(H,29,30);1H. The Morgan fingerprint density at radius 3 is 2.78 bits per heavy atom. The highest BCUT2D eigenvalue weighted by molar-refractivity contribution is 6.34. The summed E-state index contributed by atoms with van der Waals surface area (Å²) in [6, 6.07) is 12.8. The fraction of sp³-hybridized carbons (Fsp3) is 0.0870. The first-order chi connectivity index (χ1) is 14.9. The Morgan fingerprint density at radius 2 is 2.00 bits per heavy atom. The maximum atomic E-state index is 11.4. The number of H-pyrrole nitrogens is 1. The van der Waals surface area contributed by atoms with Crippen molar-refractivity contribution < 1.29 is 14.6 Å². The van der Waals surface area contributed by atoms with Crippen LogP contribution in [0.3, 0.4) is 0 Å². The number of aromatic carboxylic acids is 1. The average molecular weight is 469 g/mol. The van der Waals surface area contributed by atoms with Crippen LogP contribution in [0.5, 0.6) is 11.8 Å². The molecule has 0 spiro atoms. The minimum atomic E-state index is -1.01. The molecule has 0 atom stereocenters. The first kappa shape index (κ1) is 21.7. The summed E-state index contributed by atoms with van der Waals surface area (Å²) in [6.07, 6.45) is 3.75. The van der Waals surface area contributed by atoms with Crippen LogP contribution in [-0.2, 0) is 7.05 Å². The SMILES string of the molecule is Cc1ccc(Oc2nc3cc(-c4cnc5c(ccn5C)c4)c(Cl)cc3[nH]2)cc1C(=O)O.Cl. The van der Waals surface area contributed by atoms with E-state index in [0.717, 1.165) is 22.2 Å². The van der Waals surface area contributed by atoms with E-state index in [4.69, 9.17) is 16.3 Å². The van der Waals surface area contributed by atoms with Crippen molar-refractivity contribution in [3.8, 4) is 22.9 Å². The number of fused-ring (bicyclic) bond motifs is 2. The minimum absolute atomic E-state index is 0. The molecule has 5 rings (SSSR count). The highest BCUT2D eigenvalue weighted by Crippen LogP contribution is 2.34. The highest BCUT2D eigenvalue weighted by atomic mass is 35.5. The molecule has 0 radical (unpaired) electrons. The Balaban J connectivity index is 0.00000245. The smallest absolute Gasteiger partial charge is 0.336 e. The molecule has 0 aliphatic rings. The van der Waals surface area contributed by atoms with Gasteiger partial charge in [-0.05, 0) is 48.9 Å². The predicted molar refractivity (Wildman–Crippen MR) is 126 cm³/mol. The van der Waals surface area contributed by atoms with Gasteiger partial charge in [0.25, 0.3) is 6.01 Å². The molecule has 3 heterocycles. The molecule has 0 aliphatic carbocycles. The molecular weight excluding hydrogens is 451 g/mol. The summed E-state index contributed by atoms with van der Waals surface area (Å²) < 4.78 is 7.73. The van der Waals surface area contributed by atoms with Crippen LogP contribution >= 0.6 is 24.0 Å². The summed E-state index contributed by atoms with van der Waals surface area (Å²) in [6.45, 7) is 1.74. The number of halogens is 2. The molecular formula is C23H18Cl2N4O3. The molecule has 32 heavy (non-hydrogen) atoms. The van der Waals surface area contributed by atoms with Crippen LogP contribution in [0.4, 0.5) is 0 Å². The molecule has 5 aromatic rings. The van der Waals surface area contributed by atoms with Crippen LogP contribution in [0.15, 0.2) is 54.9 Å². The number of hydrogen-bond donors (Lipinski definition) is 2. The van der Waals surface area contributed by atoms with E-state index in [-0.39, 0.29) is 24.0 Å². The number of imidazole rings is 1. The molecule has 9 heteroatoms. The van der Waals surface area contributed by atoms with E-state index in [0.29, 0.717) is 27.4 Å². The number of nitrogens with one attached hydrogen (secondary N) is 1. The second-order valence-corrected chi connectivity index (χ2v) is 7.75. The Morgan fingerprint density at radius 1 is 1.19 bits per heavy atom. The van der Waals surface area contributed by atoms with E-state index in [1.165, 1.54) is 6.07 Å².